The van der Waals surface area contributed by atoms with Crippen LogP contribution in [-0.2, 0) is 6.42 Å². The average molecular weight is 500 g/mol. The van der Waals surface area contributed by atoms with Crippen LogP contribution in [0.2, 0.25) is 0 Å². The molecule has 4 heterocycles. The van der Waals surface area contributed by atoms with Gasteiger partial charge in [0.1, 0.15) is 30.6 Å². The van der Waals surface area contributed by atoms with Crippen LogP contribution in [0.1, 0.15) is 30.5 Å². The van der Waals surface area contributed by atoms with E-state index in [1.807, 2.05) is 18.3 Å². The third kappa shape index (κ3) is 6.08. The van der Waals surface area contributed by atoms with Gasteiger partial charge >= 0.3 is 0 Å². The summed E-state index contributed by atoms with van der Waals surface area (Å²) in [5.74, 6) is 2.26. The van der Waals surface area contributed by atoms with Crippen LogP contribution in [0.15, 0.2) is 61.6 Å². The largest absolute Gasteiger partial charge is 0.473 e. The standard InChI is InChI=1S/C27H26FN7O2/c1-2-23-26(36-22-10-14-34(15-11-22)13-5-7-20-6-3-4-12-30-20)31-18-32-27(23)37-25-9-8-21(16-24(25)28)35-19-29-17-33-35/h1,3-4,6,8-9,12,16-19,22H,5,7,10-11,13-15H2. The van der Waals surface area contributed by atoms with Gasteiger partial charge in [0.15, 0.2) is 11.6 Å². The first-order valence-electron chi connectivity index (χ1n) is 12.1. The van der Waals surface area contributed by atoms with Gasteiger partial charge in [-0.3, -0.25) is 4.98 Å². The third-order valence-corrected chi connectivity index (χ3v) is 6.17. The van der Waals surface area contributed by atoms with Crippen LogP contribution >= 0.6 is 0 Å². The number of terminal acetylenes is 1. The molecule has 188 valence electrons. The van der Waals surface area contributed by atoms with Crippen molar-refractivity contribution in [1.29, 1.82) is 0 Å². The molecule has 1 saturated heterocycles. The average Bonchev–Trinajstić information content (AvgIpc) is 3.47. The molecule has 4 aromatic rings. The Morgan fingerprint density at radius 2 is 1.92 bits per heavy atom. The first kappa shape index (κ1) is 24.3. The molecule has 10 heteroatoms. The van der Waals surface area contributed by atoms with Gasteiger partial charge in [0.05, 0.1) is 5.69 Å². The number of aromatic nitrogens is 6. The highest BCUT2D eigenvalue weighted by molar-refractivity contribution is 5.49. The Bertz CT molecular complexity index is 1350. The number of ether oxygens (including phenoxy) is 2. The van der Waals surface area contributed by atoms with E-state index in [1.54, 1.807) is 6.07 Å². The van der Waals surface area contributed by atoms with Crippen molar-refractivity contribution in [2.24, 2.45) is 0 Å². The Balaban J connectivity index is 1.18. The van der Waals surface area contributed by atoms with Gasteiger partial charge in [-0.2, -0.15) is 5.10 Å². The molecule has 0 unspecified atom stereocenters. The lowest BCUT2D eigenvalue weighted by Gasteiger charge is -2.32. The van der Waals surface area contributed by atoms with E-state index in [0.717, 1.165) is 51.0 Å². The molecular formula is C27H26FN7O2. The maximum Gasteiger partial charge on any atom is 0.242 e. The van der Waals surface area contributed by atoms with Crippen molar-refractivity contribution in [2.75, 3.05) is 19.6 Å². The predicted octanol–water partition coefficient (Wildman–Crippen LogP) is 3.84. The quantitative estimate of drug-likeness (QED) is 0.321. The van der Waals surface area contributed by atoms with Gasteiger partial charge in [0.2, 0.25) is 11.8 Å². The van der Waals surface area contributed by atoms with Gasteiger partial charge in [-0.1, -0.05) is 12.0 Å². The van der Waals surface area contributed by atoms with E-state index in [0.29, 0.717) is 5.69 Å². The highest BCUT2D eigenvalue weighted by Gasteiger charge is 2.23. The molecule has 1 aromatic carbocycles. The molecule has 3 aromatic heterocycles. The maximum absolute atomic E-state index is 14.7. The van der Waals surface area contributed by atoms with E-state index in [2.05, 4.69) is 41.9 Å². The molecule has 1 aliphatic heterocycles. The molecule has 5 rings (SSSR count). The van der Waals surface area contributed by atoms with Crippen LogP contribution < -0.4 is 9.47 Å². The van der Waals surface area contributed by atoms with Crippen LogP contribution in [0, 0.1) is 18.2 Å². The second-order valence-electron chi connectivity index (χ2n) is 8.64. The smallest absolute Gasteiger partial charge is 0.242 e. The summed E-state index contributed by atoms with van der Waals surface area (Å²) in [6, 6.07) is 10.5. The number of hydrogen-bond donors (Lipinski definition) is 0. The van der Waals surface area contributed by atoms with Crippen molar-refractivity contribution in [2.45, 2.75) is 31.8 Å². The second kappa shape index (κ2) is 11.6. The third-order valence-electron chi connectivity index (χ3n) is 6.17. The molecule has 0 aliphatic carbocycles. The zero-order valence-corrected chi connectivity index (χ0v) is 20.2. The summed E-state index contributed by atoms with van der Waals surface area (Å²) in [4.78, 5) is 19.0. The molecule has 0 N–H and O–H groups in total. The van der Waals surface area contributed by atoms with Gasteiger partial charge in [0, 0.05) is 31.0 Å². The molecule has 0 radical (unpaired) electrons. The summed E-state index contributed by atoms with van der Waals surface area (Å²) in [6.45, 7) is 2.87. The Labute approximate surface area is 214 Å². The van der Waals surface area contributed by atoms with Gasteiger partial charge < -0.3 is 14.4 Å². The fourth-order valence-corrected chi connectivity index (χ4v) is 4.24. The molecule has 0 saturated carbocycles. The summed E-state index contributed by atoms with van der Waals surface area (Å²) < 4.78 is 28.1. The van der Waals surface area contributed by atoms with Gasteiger partial charge in [0.25, 0.3) is 0 Å². The van der Waals surface area contributed by atoms with Crippen LogP contribution in [0.5, 0.6) is 17.5 Å². The fraction of sp³-hybridized carbons (Fsp3) is 0.296. The van der Waals surface area contributed by atoms with Gasteiger partial charge in [-0.25, -0.2) is 24.0 Å². The lowest BCUT2D eigenvalue weighted by Crippen LogP contribution is -2.39. The number of pyridine rings is 1. The van der Waals surface area contributed by atoms with Crippen molar-refractivity contribution in [3.63, 3.8) is 0 Å². The highest BCUT2D eigenvalue weighted by atomic mass is 19.1. The van der Waals surface area contributed by atoms with Crippen molar-refractivity contribution < 1.29 is 13.9 Å². The number of piperidine rings is 1. The Hall–Kier alpha value is -4.36. The van der Waals surface area contributed by atoms with Crippen molar-refractivity contribution in [3.05, 3.63) is 78.7 Å². The first-order valence-corrected chi connectivity index (χ1v) is 12.1. The van der Waals surface area contributed by atoms with E-state index in [-0.39, 0.29) is 29.2 Å². The van der Waals surface area contributed by atoms with Crippen LogP contribution in [-0.4, -0.2) is 60.4 Å². The van der Waals surface area contributed by atoms with Gasteiger partial charge in [-0.15, -0.1) is 6.42 Å². The van der Waals surface area contributed by atoms with Crippen molar-refractivity contribution in [1.82, 2.24) is 34.6 Å². The Kier molecular flexibility index (Phi) is 7.62. The normalized spacial score (nSPS) is 14.3. The number of benzene rings is 1. The molecule has 0 amide bonds. The number of nitrogens with zero attached hydrogens (tertiary/aromatic N) is 7. The summed E-state index contributed by atoms with van der Waals surface area (Å²) in [7, 11) is 0. The molecule has 0 bridgehead atoms. The lowest BCUT2D eigenvalue weighted by atomic mass is 10.1. The minimum absolute atomic E-state index is 0.0240. The van der Waals surface area contributed by atoms with Crippen LogP contribution in [0.3, 0.4) is 0 Å². The number of likely N-dealkylation sites (tertiary alicyclic amines) is 1. The first-order chi connectivity index (χ1) is 18.2. The SMILES string of the molecule is C#Cc1c(Oc2ccc(-n3cncn3)cc2F)ncnc1OC1CCN(CCCc2ccccn2)CC1. The molecular weight excluding hydrogens is 473 g/mol. The number of halogens is 1. The van der Waals surface area contributed by atoms with E-state index in [1.165, 1.54) is 35.8 Å². The molecule has 37 heavy (non-hydrogen) atoms. The number of hydrogen-bond acceptors (Lipinski definition) is 8. The topological polar surface area (TPSA) is 91.1 Å². The van der Waals surface area contributed by atoms with E-state index in [4.69, 9.17) is 15.9 Å². The Morgan fingerprint density at radius 1 is 1.05 bits per heavy atom. The van der Waals surface area contributed by atoms with Crippen LogP contribution in [0.4, 0.5) is 4.39 Å². The van der Waals surface area contributed by atoms with Crippen molar-refractivity contribution in [3.8, 4) is 35.5 Å². The fourth-order valence-electron chi connectivity index (χ4n) is 4.24. The second-order valence-corrected chi connectivity index (χ2v) is 8.64. The number of aryl methyl sites for hydroxylation is 1. The lowest BCUT2D eigenvalue weighted by molar-refractivity contribution is 0.0956. The van der Waals surface area contributed by atoms with Crippen LogP contribution in [0.25, 0.3) is 5.69 Å². The van der Waals surface area contributed by atoms with Gasteiger partial charge in [-0.05, 0) is 56.5 Å². The number of rotatable bonds is 9. The summed E-state index contributed by atoms with van der Waals surface area (Å²) in [5, 5.41) is 4.00. The molecule has 9 nitrogen and oxygen atoms in total. The van der Waals surface area contributed by atoms with E-state index < -0.39 is 5.82 Å². The molecule has 0 spiro atoms. The minimum Gasteiger partial charge on any atom is -0.473 e. The van der Waals surface area contributed by atoms with E-state index >= 15 is 0 Å². The zero-order valence-electron chi connectivity index (χ0n) is 20.2. The summed E-state index contributed by atoms with van der Waals surface area (Å²) in [5.41, 5.74) is 1.88. The zero-order chi connectivity index (χ0) is 25.5. The molecule has 0 atom stereocenters. The minimum atomic E-state index is -0.590. The summed E-state index contributed by atoms with van der Waals surface area (Å²) >= 11 is 0. The highest BCUT2D eigenvalue weighted by Crippen LogP contribution is 2.31. The molecule has 1 aliphatic rings. The molecule has 1 fully saturated rings. The van der Waals surface area contributed by atoms with Crippen molar-refractivity contribution >= 4 is 0 Å². The predicted molar refractivity (Wildman–Crippen MR) is 134 cm³/mol. The van der Waals surface area contributed by atoms with E-state index in [9.17, 15) is 4.39 Å². The summed E-state index contributed by atoms with van der Waals surface area (Å²) in [6.07, 6.45) is 15.4. The monoisotopic (exact) mass is 499 g/mol. The maximum atomic E-state index is 14.7. The Morgan fingerprint density at radius 3 is 2.65 bits per heavy atom.